The smallest absolute Gasteiger partial charge is 0.410 e. The van der Waals surface area contributed by atoms with E-state index in [9.17, 15) is 9.59 Å². The molecule has 6 nitrogen and oxygen atoms in total. The quantitative estimate of drug-likeness (QED) is 0.731. The van der Waals surface area contributed by atoms with Crippen molar-refractivity contribution in [1.29, 1.82) is 0 Å². The normalized spacial score (nSPS) is 20.1. The Morgan fingerprint density at radius 2 is 1.87 bits per heavy atom. The van der Waals surface area contributed by atoms with Gasteiger partial charge in [0, 0.05) is 32.8 Å². The molecule has 2 fully saturated rings. The highest BCUT2D eigenvalue weighted by Crippen LogP contribution is 2.23. The van der Waals surface area contributed by atoms with Crippen molar-refractivity contribution in [3.8, 4) is 0 Å². The average Bonchev–Trinajstić information content (AvgIpc) is 2.43. The summed E-state index contributed by atoms with van der Waals surface area (Å²) in [5.41, 5.74) is -0.504. The van der Waals surface area contributed by atoms with Crippen LogP contribution in [0.3, 0.4) is 0 Å². The van der Waals surface area contributed by atoms with E-state index in [4.69, 9.17) is 21.1 Å². The number of hydrogen-bond donors (Lipinski definition) is 0. The van der Waals surface area contributed by atoms with Crippen LogP contribution in [0.15, 0.2) is 0 Å². The van der Waals surface area contributed by atoms with Crippen LogP contribution in [0.4, 0.5) is 4.79 Å². The lowest BCUT2D eigenvalue weighted by Crippen LogP contribution is -2.63. The van der Waals surface area contributed by atoms with Crippen LogP contribution in [-0.2, 0) is 14.3 Å². The molecular formula is C16H27ClN2O4. The molecule has 0 aromatic rings. The van der Waals surface area contributed by atoms with Crippen molar-refractivity contribution < 1.29 is 19.1 Å². The third-order valence-electron chi connectivity index (χ3n) is 4.19. The van der Waals surface area contributed by atoms with Gasteiger partial charge < -0.3 is 19.3 Å². The van der Waals surface area contributed by atoms with E-state index in [1.165, 1.54) is 0 Å². The maximum atomic E-state index is 12.2. The highest BCUT2D eigenvalue weighted by Gasteiger charge is 2.39. The summed E-state index contributed by atoms with van der Waals surface area (Å²) < 4.78 is 10.7. The lowest BCUT2D eigenvalue weighted by atomic mass is 9.97. The zero-order chi connectivity index (χ0) is 17.0. The number of carbonyl (C=O) groups excluding carboxylic acids is 2. The minimum Gasteiger partial charge on any atom is -0.444 e. The standard InChI is InChI=1S/C16H27ClN2O4/c1-16(2,3)23-15(21)18-10-13(11-18)19(14(20)8-17)9-12-4-6-22-7-5-12/h12-13H,4-11H2,1-3H3. The van der Waals surface area contributed by atoms with Gasteiger partial charge in [0.2, 0.25) is 5.91 Å². The summed E-state index contributed by atoms with van der Waals surface area (Å²) in [6.45, 7) is 8.76. The summed E-state index contributed by atoms with van der Waals surface area (Å²) >= 11 is 5.75. The SMILES string of the molecule is CC(C)(C)OC(=O)N1CC(N(CC2CCOCC2)C(=O)CCl)C1. The van der Waals surface area contributed by atoms with Crippen LogP contribution < -0.4 is 0 Å². The van der Waals surface area contributed by atoms with E-state index >= 15 is 0 Å². The molecule has 2 aliphatic rings. The zero-order valence-electron chi connectivity index (χ0n) is 14.2. The van der Waals surface area contributed by atoms with Crippen LogP contribution in [0.2, 0.25) is 0 Å². The van der Waals surface area contributed by atoms with E-state index in [0.717, 1.165) is 26.1 Å². The molecule has 0 spiro atoms. The van der Waals surface area contributed by atoms with E-state index in [-0.39, 0.29) is 23.9 Å². The van der Waals surface area contributed by atoms with E-state index < -0.39 is 5.60 Å². The number of likely N-dealkylation sites (tertiary alicyclic amines) is 1. The second-order valence-electron chi connectivity index (χ2n) is 7.27. The van der Waals surface area contributed by atoms with Crippen LogP contribution in [0.5, 0.6) is 0 Å². The molecule has 0 bridgehead atoms. The van der Waals surface area contributed by atoms with Crippen molar-refractivity contribution in [1.82, 2.24) is 9.80 Å². The van der Waals surface area contributed by atoms with Gasteiger partial charge in [0.05, 0.1) is 6.04 Å². The molecule has 2 saturated heterocycles. The van der Waals surface area contributed by atoms with Crippen molar-refractivity contribution in [2.75, 3.05) is 38.7 Å². The van der Waals surface area contributed by atoms with E-state index in [2.05, 4.69) is 0 Å². The number of hydrogen-bond acceptors (Lipinski definition) is 4. The van der Waals surface area contributed by atoms with E-state index in [1.807, 2.05) is 25.7 Å². The second kappa shape index (κ2) is 7.71. The van der Waals surface area contributed by atoms with Gasteiger partial charge in [0.25, 0.3) is 0 Å². The Hall–Kier alpha value is -1.01. The van der Waals surface area contributed by atoms with Crippen molar-refractivity contribution in [3.63, 3.8) is 0 Å². The first kappa shape index (κ1) is 18.3. The Labute approximate surface area is 143 Å². The number of nitrogens with zero attached hydrogens (tertiary/aromatic N) is 2. The highest BCUT2D eigenvalue weighted by atomic mass is 35.5. The predicted molar refractivity (Wildman–Crippen MR) is 87.6 cm³/mol. The summed E-state index contributed by atoms with van der Waals surface area (Å²) in [7, 11) is 0. The molecule has 2 rings (SSSR count). The number of alkyl halides is 1. The predicted octanol–water partition coefficient (Wildman–Crippen LogP) is 2.10. The third-order valence-corrected chi connectivity index (χ3v) is 4.41. The molecule has 0 aromatic heterocycles. The summed E-state index contributed by atoms with van der Waals surface area (Å²) in [6.07, 6.45) is 1.61. The molecule has 0 unspecified atom stereocenters. The molecular weight excluding hydrogens is 320 g/mol. The molecule has 0 atom stereocenters. The van der Waals surface area contributed by atoms with Gasteiger partial charge in [-0.3, -0.25) is 4.79 Å². The van der Waals surface area contributed by atoms with Gasteiger partial charge in [-0.05, 0) is 39.5 Å². The molecule has 23 heavy (non-hydrogen) atoms. The maximum absolute atomic E-state index is 12.2. The minimum atomic E-state index is -0.504. The largest absolute Gasteiger partial charge is 0.444 e. The first-order chi connectivity index (χ1) is 10.8. The number of carbonyl (C=O) groups is 2. The molecule has 132 valence electrons. The van der Waals surface area contributed by atoms with Gasteiger partial charge >= 0.3 is 6.09 Å². The number of ether oxygens (including phenoxy) is 2. The highest BCUT2D eigenvalue weighted by molar-refractivity contribution is 6.27. The van der Waals surface area contributed by atoms with Gasteiger partial charge in [-0.1, -0.05) is 0 Å². The first-order valence-electron chi connectivity index (χ1n) is 8.21. The van der Waals surface area contributed by atoms with E-state index in [1.54, 1.807) is 4.90 Å². The van der Waals surface area contributed by atoms with Crippen molar-refractivity contribution in [2.24, 2.45) is 5.92 Å². The van der Waals surface area contributed by atoms with Gasteiger partial charge in [-0.25, -0.2) is 4.79 Å². The molecule has 7 heteroatoms. The zero-order valence-corrected chi connectivity index (χ0v) is 15.0. The minimum absolute atomic E-state index is 0.0217. The fourth-order valence-corrected chi connectivity index (χ4v) is 3.02. The fourth-order valence-electron chi connectivity index (χ4n) is 2.87. The topological polar surface area (TPSA) is 59.1 Å². The lowest BCUT2D eigenvalue weighted by Gasteiger charge is -2.46. The summed E-state index contributed by atoms with van der Waals surface area (Å²) in [4.78, 5) is 27.6. The van der Waals surface area contributed by atoms with Crippen LogP contribution in [0, 0.1) is 5.92 Å². The van der Waals surface area contributed by atoms with Gasteiger partial charge in [-0.2, -0.15) is 0 Å². The van der Waals surface area contributed by atoms with E-state index in [0.29, 0.717) is 25.6 Å². The average molecular weight is 347 g/mol. The van der Waals surface area contributed by atoms with Crippen LogP contribution in [-0.4, -0.2) is 72.2 Å². The van der Waals surface area contributed by atoms with Crippen LogP contribution in [0.25, 0.3) is 0 Å². The van der Waals surface area contributed by atoms with Crippen molar-refractivity contribution >= 4 is 23.6 Å². The van der Waals surface area contributed by atoms with Gasteiger partial charge in [0.15, 0.2) is 0 Å². The Bertz CT molecular complexity index is 426. The fraction of sp³-hybridized carbons (Fsp3) is 0.875. The molecule has 2 aliphatic heterocycles. The molecule has 2 amide bonds. The Balaban J connectivity index is 1.87. The molecule has 0 radical (unpaired) electrons. The van der Waals surface area contributed by atoms with Crippen molar-refractivity contribution in [2.45, 2.75) is 45.3 Å². The van der Waals surface area contributed by atoms with Gasteiger partial charge in [0.1, 0.15) is 11.5 Å². The Morgan fingerprint density at radius 3 is 2.39 bits per heavy atom. The summed E-state index contributed by atoms with van der Waals surface area (Å²) in [6, 6.07) is 0.0385. The first-order valence-corrected chi connectivity index (χ1v) is 8.74. The van der Waals surface area contributed by atoms with Crippen LogP contribution in [0.1, 0.15) is 33.6 Å². The van der Waals surface area contributed by atoms with Crippen LogP contribution >= 0.6 is 11.6 Å². The molecule has 0 aliphatic carbocycles. The molecule has 0 aromatic carbocycles. The Kier molecular flexibility index (Phi) is 6.14. The maximum Gasteiger partial charge on any atom is 0.410 e. The van der Waals surface area contributed by atoms with Crippen molar-refractivity contribution in [3.05, 3.63) is 0 Å². The van der Waals surface area contributed by atoms with Gasteiger partial charge in [-0.15, -0.1) is 11.6 Å². The Morgan fingerprint density at radius 1 is 1.26 bits per heavy atom. The number of amides is 2. The number of halogens is 1. The monoisotopic (exact) mass is 346 g/mol. The second-order valence-corrected chi connectivity index (χ2v) is 7.54. The summed E-state index contributed by atoms with van der Waals surface area (Å²) in [5.74, 6) is 0.366. The molecule has 0 N–H and O–H groups in total. The lowest BCUT2D eigenvalue weighted by molar-refractivity contribution is -0.136. The molecule has 0 saturated carbocycles. The third kappa shape index (κ3) is 5.24. The number of rotatable bonds is 4. The molecule has 2 heterocycles. The summed E-state index contributed by atoms with van der Waals surface area (Å²) in [5, 5.41) is 0.